The Balaban J connectivity index is 2.51. The number of carbonyl (C=O) groups is 2. The maximum Gasteiger partial charge on any atom is 0.416 e. The number of halogens is 4. The molecule has 0 bridgehead atoms. The predicted octanol–water partition coefficient (Wildman–Crippen LogP) is 5.31. The Hall–Kier alpha value is -3.80. The number of nitrogens with zero attached hydrogens (tertiary/aromatic N) is 1. The topological polar surface area (TPSA) is 125 Å². The number of hydrogen-bond donors (Lipinski definition) is 1. The zero-order valence-corrected chi connectivity index (χ0v) is 20.4. The van der Waals surface area contributed by atoms with Crippen LogP contribution >= 0.6 is 11.6 Å². The monoisotopic (exact) mass is 545 g/mol. The average Bonchev–Trinajstić information content (AvgIpc) is 2.81. The fourth-order valence-electron chi connectivity index (χ4n) is 3.53. The molecule has 0 aliphatic rings. The second-order valence-corrected chi connectivity index (χ2v) is 7.89. The SMILES string of the molecule is CCOC(O)=C(C(c1ccccc1C(F)(F)F)C(C(C)=O)C(=O)OCCOc1ccccc1Cl)[N+](=O)[O-]. The van der Waals surface area contributed by atoms with E-state index in [1.165, 1.54) is 13.0 Å². The number of ketones is 1. The number of aliphatic hydroxyl groups is 1. The van der Waals surface area contributed by atoms with Crippen molar-refractivity contribution < 1.29 is 47.0 Å². The number of aliphatic hydroxyl groups excluding tert-OH is 1. The minimum Gasteiger partial charge on any atom is -0.488 e. The number of esters is 1. The summed E-state index contributed by atoms with van der Waals surface area (Å²) >= 11 is 5.96. The molecule has 2 unspecified atom stereocenters. The van der Waals surface area contributed by atoms with Gasteiger partial charge in [-0.25, -0.2) is 0 Å². The van der Waals surface area contributed by atoms with Crippen molar-refractivity contribution >= 4 is 23.4 Å². The van der Waals surface area contributed by atoms with Gasteiger partial charge in [0.05, 0.1) is 22.1 Å². The molecule has 13 heteroatoms. The molecule has 2 aromatic carbocycles. The zero-order chi connectivity index (χ0) is 27.8. The van der Waals surface area contributed by atoms with Gasteiger partial charge in [-0.2, -0.15) is 13.2 Å². The van der Waals surface area contributed by atoms with Crippen LogP contribution in [0.1, 0.15) is 30.9 Å². The number of Topliss-reactive ketones (excluding diaryl/α,β-unsaturated/α-hetero) is 1. The summed E-state index contributed by atoms with van der Waals surface area (Å²) in [6, 6.07) is 10.1. The molecular formula is C24H23ClF3NO8. The molecule has 200 valence electrons. The van der Waals surface area contributed by atoms with Gasteiger partial charge in [0.25, 0.3) is 0 Å². The number of para-hydroxylation sites is 1. The maximum absolute atomic E-state index is 13.8. The van der Waals surface area contributed by atoms with Gasteiger partial charge in [-0.3, -0.25) is 19.7 Å². The number of hydrogen-bond acceptors (Lipinski definition) is 8. The fourth-order valence-corrected chi connectivity index (χ4v) is 3.72. The average molecular weight is 546 g/mol. The van der Waals surface area contributed by atoms with Gasteiger partial charge in [-0.15, -0.1) is 0 Å². The molecule has 0 aromatic heterocycles. The van der Waals surface area contributed by atoms with Crippen LogP contribution < -0.4 is 4.74 Å². The van der Waals surface area contributed by atoms with Crippen molar-refractivity contribution in [3.63, 3.8) is 0 Å². The molecular weight excluding hydrogens is 523 g/mol. The number of carbonyl (C=O) groups excluding carboxylic acids is 2. The third kappa shape index (κ3) is 7.59. The number of nitro groups is 1. The lowest BCUT2D eigenvalue weighted by Gasteiger charge is -2.25. The summed E-state index contributed by atoms with van der Waals surface area (Å²) in [7, 11) is 0. The van der Waals surface area contributed by atoms with Gasteiger partial charge in [0.15, 0.2) is 0 Å². The molecule has 0 saturated carbocycles. The summed E-state index contributed by atoms with van der Waals surface area (Å²) in [6.07, 6.45) is -5.01. The molecule has 0 fully saturated rings. The molecule has 0 radical (unpaired) electrons. The number of rotatable bonds is 12. The number of alkyl halides is 3. The summed E-state index contributed by atoms with van der Waals surface area (Å²) in [5.41, 5.74) is -3.44. The minimum atomic E-state index is -5.01. The molecule has 1 N–H and O–H groups in total. The summed E-state index contributed by atoms with van der Waals surface area (Å²) in [4.78, 5) is 36.3. The van der Waals surface area contributed by atoms with Crippen LogP contribution in [0.2, 0.25) is 5.02 Å². The van der Waals surface area contributed by atoms with E-state index in [0.717, 1.165) is 25.1 Å². The van der Waals surface area contributed by atoms with E-state index >= 15 is 0 Å². The highest BCUT2D eigenvalue weighted by molar-refractivity contribution is 6.32. The zero-order valence-electron chi connectivity index (χ0n) is 19.7. The van der Waals surface area contributed by atoms with Crippen LogP contribution in [0.3, 0.4) is 0 Å². The third-order valence-electron chi connectivity index (χ3n) is 5.04. The molecule has 0 saturated heterocycles. The highest BCUT2D eigenvalue weighted by atomic mass is 35.5. The van der Waals surface area contributed by atoms with Crippen molar-refractivity contribution in [1.82, 2.24) is 0 Å². The fraction of sp³-hybridized carbons (Fsp3) is 0.333. The van der Waals surface area contributed by atoms with E-state index in [1.54, 1.807) is 18.2 Å². The van der Waals surface area contributed by atoms with E-state index in [-0.39, 0.29) is 24.0 Å². The minimum absolute atomic E-state index is 0.244. The molecule has 0 aliphatic carbocycles. The quantitative estimate of drug-likeness (QED) is 0.0949. The number of ether oxygens (including phenoxy) is 3. The van der Waals surface area contributed by atoms with Crippen LogP contribution in [0.5, 0.6) is 5.75 Å². The van der Waals surface area contributed by atoms with Crippen LogP contribution in [-0.2, 0) is 25.2 Å². The molecule has 37 heavy (non-hydrogen) atoms. The number of allylic oxidation sites excluding steroid dienone is 1. The van der Waals surface area contributed by atoms with Crippen molar-refractivity contribution in [2.24, 2.45) is 5.92 Å². The van der Waals surface area contributed by atoms with Crippen LogP contribution in [0.15, 0.2) is 60.2 Å². The standard InChI is InChI=1S/C24H23ClF3NO8/c1-3-35-23(32)21(29(33)34)20(15-8-4-5-9-16(15)24(26,27)28)19(14(2)30)22(31)37-13-12-36-18-11-7-6-10-17(18)25/h4-11,19-20,32H,3,12-13H2,1-2H3. The third-order valence-corrected chi connectivity index (χ3v) is 5.35. The van der Waals surface area contributed by atoms with Crippen LogP contribution in [0, 0.1) is 16.0 Å². The molecule has 2 aromatic rings. The summed E-state index contributed by atoms with van der Waals surface area (Å²) in [5, 5.41) is 22.4. The van der Waals surface area contributed by atoms with Crippen molar-refractivity contribution in [2.45, 2.75) is 25.9 Å². The molecule has 2 rings (SSSR count). The Kier molecular flexibility index (Phi) is 10.3. The Bertz CT molecular complexity index is 1170. The Morgan fingerprint density at radius 1 is 1.08 bits per heavy atom. The van der Waals surface area contributed by atoms with Gasteiger partial charge in [-0.1, -0.05) is 41.9 Å². The lowest BCUT2D eigenvalue weighted by Crippen LogP contribution is -2.35. The first-order chi connectivity index (χ1) is 17.4. The van der Waals surface area contributed by atoms with E-state index in [0.29, 0.717) is 6.07 Å². The Morgan fingerprint density at radius 3 is 2.27 bits per heavy atom. The largest absolute Gasteiger partial charge is 0.488 e. The van der Waals surface area contributed by atoms with Gasteiger partial charge in [-0.05, 0) is 37.6 Å². The second-order valence-electron chi connectivity index (χ2n) is 7.48. The molecule has 9 nitrogen and oxygen atoms in total. The highest BCUT2D eigenvalue weighted by Crippen LogP contribution is 2.42. The Morgan fingerprint density at radius 2 is 1.70 bits per heavy atom. The van der Waals surface area contributed by atoms with Crippen molar-refractivity contribution in [1.29, 1.82) is 0 Å². The Labute approximate surface area is 214 Å². The highest BCUT2D eigenvalue weighted by Gasteiger charge is 2.48. The van der Waals surface area contributed by atoms with Gasteiger partial charge < -0.3 is 19.3 Å². The normalized spacial score (nSPS) is 13.7. The summed E-state index contributed by atoms with van der Waals surface area (Å²) < 4.78 is 56.7. The molecule has 2 atom stereocenters. The number of benzene rings is 2. The molecule has 0 aliphatic heterocycles. The summed E-state index contributed by atoms with van der Waals surface area (Å²) in [5.74, 6) is -7.81. The smallest absolute Gasteiger partial charge is 0.416 e. The second kappa shape index (κ2) is 12.9. The first-order valence-corrected chi connectivity index (χ1v) is 11.2. The van der Waals surface area contributed by atoms with Crippen molar-refractivity contribution in [3.8, 4) is 5.75 Å². The van der Waals surface area contributed by atoms with Crippen LogP contribution in [0.4, 0.5) is 13.2 Å². The molecule has 0 amide bonds. The van der Waals surface area contributed by atoms with Crippen LogP contribution in [0.25, 0.3) is 0 Å². The van der Waals surface area contributed by atoms with Crippen molar-refractivity contribution in [2.75, 3.05) is 19.8 Å². The van der Waals surface area contributed by atoms with Crippen LogP contribution in [-0.4, -0.2) is 41.6 Å². The molecule has 0 heterocycles. The first-order valence-electron chi connectivity index (χ1n) is 10.8. The maximum atomic E-state index is 13.8. The van der Waals surface area contributed by atoms with Gasteiger partial charge >= 0.3 is 23.8 Å². The van der Waals surface area contributed by atoms with Gasteiger partial charge in [0.2, 0.25) is 0 Å². The van der Waals surface area contributed by atoms with E-state index in [4.69, 9.17) is 25.8 Å². The lowest BCUT2D eigenvalue weighted by molar-refractivity contribution is -0.437. The summed E-state index contributed by atoms with van der Waals surface area (Å²) in [6.45, 7) is 1.24. The van der Waals surface area contributed by atoms with Gasteiger partial charge in [0, 0.05) is 0 Å². The van der Waals surface area contributed by atoms with E-state index in [1.807, 2.05) is 0 Å². The first kappa shape index (κ1) is 29.4. The van der Waals surface area contributed by atoms with Gasteiger partial charge in [0.1, 0.15) is 36.6 Å². The van der Waals surface area contributed by atoms with E-state index in [9.17, 15) is 38.0 Å². The molecule has 0 spiro atoms. The lowest BCUT2D eigenvalue weighted by atomic mass is 9.79. The van der Waals surface area contributed by atoms with E-state index in [2.05, 4.69) is 0 Å². The predicted molar refractivity (Wildman–Crippen MR) is 125 cm³/mol. The van der Waals surface area contributed by atoms with Crippen molar-refractivity contribution in [3.05, 3.63) is 86.4 Å². The van der Waals surface area contributed by atoms with E-state index < -0.39 is 64.1 Å².